The Kier molecular flexibility index (Phi) is 7.35. The van der Waals surface area contributed by atoms with Crippen molar-refractivity contribution in [2.75, 3.05) is 7.11 Å². The van der Waals surface area contributed by atoms with E-state index in [1.54, 1.807) is 42.5 Å². The van der Waals surface area contributed by atoms with Gasteiger partial charge in [0.1, 0.15) is 24.0 Å². The summed E-state index contributed by atoms with van der Waals surface area (Å²) in [4.78, 5) is 23.6. The minimum atomic E-state index is -0.425. The lowest BCUT2D eigenvalue weighted by Crippen LogP contribution is -2.30. The Morgan fingerprint density at radius 3 is 2.43 bits per heavy atom. The first-order valence-corrected chi connectivity index (χ1v) is 8.76. The number of rotatable bonds is 7. The van der Waals surface area contributed by atoms with Crippen LogP contribution in [-0.2, 0) is 16.1 Å². The van der Waals surface area contributed by atoms with E-state index in [1.165, 1.54) is 13.2 Å². The van der Waals surface area contributed by atoms with E-state index in [9.17, 15) is 14.9 Å². The molecule has 0 unspecified atom stereocenters. The highest BCUT2D eigenvalue weighted by molar-refractivity contribution is 6.02. The summed E-state index contributed by atoms with van der Waals surface area (Å²) in [6, 6.07) is 15.9. The normalized spacial score (nSPS) is 10.9. The highest BCUT2D eigenvalue weighted by Gasteiger charge is 2.12. The third-order valence-electron chi connectivity index (χ3n) is 3.77. The number of para-hydroxylation sites is 1. The van der Waals surface area contributed by atoms with Gasteiger partial charge < -0.3 is 14.8 Å². The third kappa shape index (κ3) is 5.71. The molecule has 144 valence electrons. The zero-order valence-corrected chi connectivity index (χ0v) is 16.1. The van der Waals surface area contributed by atoms with Gasteiger partial charge in [0.05, 0.1) is 12.7 Å². The highest BCUT2D eigenvalue weighted by Crippen LogP contribution is 2.22. The Morgan fingerprint density at radius 2 is 1.82 bits per heavy atom. The smallest absolute Gasteiger partial charge is 0.337 e. The molecule has 0 aliphatic carbocycles. The molecular formula is C22H22N2O4. The maximum absolute atomic E-state index is 12.1. The van der Waals surface area contributed by atoms with Crippen LogP contribution in [0.5, 0.6) is 5.75 Å². The Hall–Kier alpha value is -3.59. The van der Waals surface area contributed by atoms with Crippen molar-refractivity contribution in [3.05, 3.63) is 70.8 Å². The minimum absolute atomic E-state index is 0.00665. The van der Waals surface area contributed by atoms with Crippen LogP contribution >= 0.6 is 0 Å². The lowest BCUT2D eigenvalue weighted by Gasteiger charge is -2.11. The van der Waals surface area contributed by atoms with Crippen molar-refractivity contribution >= 4 is 18.0 Å². The average molecular weight is 378 g/mol. The van der Waals surface area contributed by atoms with Crippen molar-refractivity contribution in [3.63, 3.8) is 0 Å². The highest BCUT2D eigenvalue weighted by atomic mass is 16.5. The molecule has 0 saturated heterocycles. The molecule has 0 atom stereocenters. The third-order valence-corrected chi connectivity index (χ3v) is 3.77. The molecule has 0 bridgehead atoms. The zero-order valence-electron chi connectivity index (χ0n) is 16.1. The van der Waals surface area contributed by atoms with Crippen LogP contribution in [0.4, 0.5) is 0 Å². The lowest BCUT2D eigenvalue weighted by atomic mass is 10.1. The van der Waals surface area contributed by atoms with Crippen molar-refractivity contribution in [2.45, 2.75) is 26.5 Å². The first-order valence-electron chi connectivity index (χ1n) is 8.76. The first-order chi connectivity index (χ1) is 13.4. The SMILES string of the molecule is COC(=O)c1ccc(COc2ccccc2C=C(C#N)C(=O)NC(C)C)cc1. The fraction of sp³-hybridized carbons (Fsp3) is 0.227. The van der Waals surface area contributed by atoms with Gasteiger partial charge >= 0.3 is 5.97 Å². The van der Waals surface area contributed by atoms with E-state index in [4.69, 9.17) is 4.74 Å². The number of amides is 1. The Labute approximate surface area is 164 Å². The zero-order chi connectivity index (χ0) is 20.5. The summed E-state index contributed by atoms with van der Waals surface area (Å²) in [5.74, 6) is -0.276. The summed E-state index contributed by atoms with van der Waals surface area (Å²) < 4.78 is 10.5. The molecule has 1 amide bonds. The number of ether oxygens (including phenoxy) is 2. The van der Waals surface area contributed by atoms with Crippen molar-refractivity contribution in [2.24, 2.45) is 0 Å². The quantitative estimate of drug-likeness (QED) is 0.453. The number of nitrogens with zero attached hydrogens (tertiary/aromatic N) is 1. The summed E-state index contributed by atoms with van der Waals surface area (Å²) in [7, 11) is 1.33. The molecule has 0 radical (unpaired) electrons. The van der Waals surface area contributed by atoms with Gasteiger partial charge in [-0.1, -0.05) is 30.3 Å². The standard InChI is InChI=1S/C22H22N2O4/c1-15(2)24-21(25)19(13-23)12-18-6-4-5-7-20(18)28-14-16-8-10-17(11-9-16)22(26)27-3/h4-12,15H,14H2,1-3H3,(H,24,25). The minimum Gasteiger partial charge on any atom is -0.488 e. The van der Waals surface area contributed by atoms with Gasteiger partial charge in [0, 0.05) is 11.6 Å². The lowest BCUT2D eigenvalue weighted by molar-refractivity contribution is -0.117. The average Bonchev–Trinajstić information content (AvgIpc) is 2.70. The van der Waals surface area contributed by atoms with Crippen molar-refractivity contribution in [3.8, 4) is 11.8 Å². The second-order valence-corrected chi connectivity index (χ2v) is 6.31. The van der Waals surface area contributed by atoms with E-state index < -0.39 is 11.9 Å². The van der Waals surface area contributed by atoms with Crippen molar-refractivity contribution in [1.82, 2.24) is 5.32 Å². The van der Waals surface area contributed by atoms with Crippen LogP contribution in [-0.4, -0.2) is 25.0 Å². The fourth-order valence-corrected chi connectivity index (χ4v) is 2.39. The molecule has 28 heavy (non-hydrogen) atoms. The summed E-state index contributed by atoms with van der Waals surface area (Å²) in [6.07, 6.45) is 1.51. The number of esters is 1. The number of benzene rings is 2. The van der Waals surface area contributed by atoms with E-state index in [0.29, 0.717) is 16.9 Å². The van der Waals surface area contributed by atoms with E-state index in [2.05, 4.69) is 10.1 Å². The van der Waals surface area contributed by atoms with Gasteiger partial charge in [0.15, 0.2) is 0 Å². The molecular weight excluding hydrogens is 356 g/mol. The molecule has 6 heteroatoms. The second kappa shape index (κ2) is 9.93. The molecule has 0 aromatic heterocycles. The molecule has 6 nitrogen and oxygen atoms in total. The van der Waals surface area contributed by atoms with Crippen LogP contribution in [0.25, 0.3) is 6.08 Å². The summed E-state index contributed by atoms with van der Waals surface area (Å²) >= 11 is 0. The second-order valence-electron chi connectivity index (χ2n) is 6.31. The molecule has 2 aromatic rings. The topological polar surface area (TPSA) is 88.4 Å². The van der Waals surface area contributed by atoms with Gasteiger partial charge in [-0.3, -0.25) is 4.79 Å². The maximum atomic E-state index is 12.1. The fourth-order valence-electron chi connectivity index (χ4n) is 2.39. The number of hydrogen-bond donors (Lipinski definition) is 1. The van der Waals surface area contributed by atoms with E-state index in [1.807, 2.05) is 26.0 Å². The largest absolute Gasteiger partial charge is 0.488 e. The van der Waals surface area contributed by atoms with E-state index >= 15 is 0 Å². The van der Waals surface area contributed by atoms with Crippen LogP contribution in [0.2, 0.25) is 0 Å². The van der Waals surface area contributed by atoms with Crippen LogP contribution in [0.15, 0.2) is 54.1 Å². The predicted molar refractivity (Wildman–Crippen MR) is 105 cm³/mol. The molecule has 0 aliphatic rings. The molecule has 2 rings (SSSR count). The number of carbonyl (C=O) groups excluding carboxylic acids is 2. The Morgan fingerprint density at radius 1 is 1.14 bits per heavy atom. The molecule has 0 aliphatic heterocycles. The molecule has 0 spiro atoms. The molecule has 2 aromatic carbocycles. The number of hydrogen-bond acceptors (Lipinski definition) is 5. The van der Waals surface area contributed by atoms with Gasteiger partial charge in [-0.25, -0.2) is 4.79 Å². The number of nitriles is 1. The van der Waals surface area contributed by atoms with Crippen molar-refractivity contribution in [1.29, 1.82) is 5.26 Å². The van der Waals surface area contributed by atoms with Crippen LogP contribution in [0.1, 0.15) is 35.3 Å². The van der Waals surface area contributed by atoms with Gasteiger partial charge in [-0.2, -0.15) is 5.26 Å². The van der Waals surface area contributed by atoms with Gasteiger partial charge in [-0.05, 0) is 43.7 Å². The number of methoxy groups -OCH3 is 1. The maximum Gasteiger partial charge on any atom is 0.337 e. The number of carbonyl (C=O) groups is 2. The van der Waals surface area contributed by atoms with Crippen LogP contribution < -0.4 is 10.1 Å². The van der Waals surface area contributed by atoms with E-state index in [-0.39, 0.29) is 18.2 Å². The molecule has 1 N–H and O–H groups in total. The number of nitrogens with one attached hydrogen (secondary N) is 1. The Bertz CT molecular complexity index is 909. The van der Waals surface area contributed by atoms with Gasteiger partial charge in [-0.15, -0.1) is 0 Å². The van der Waals surface area contributed by atoms with Crippen LogP contribution in [0.3, 0.4) is 0 Å². The van der Waals surface area contributed by atoms with Crippen LogP contribution in [0, 0.1) is 11.3 Å². The summed E-state index contributed by atoms with van der Waals surface area (Å²) in [5, 5.41) is 12.0. The first kappa shape index (κ1) is 20.7. The molecule has 0 heterocycles. The van der Waals surface area contributed by atoms with Gasteiger partial charge in [0.2, 0.25) is 0 Å². The monoisotopic (exact) mass is 378 g/mol. The van der Waals surface area contributed by atoms with Crippen molar-refractivity contribution < 1.29 is 19.1 Å². The van der Waals surface area contributed by atoms with Gasteiger partial charge in [0.25, 0.3) is 5.91 Å². The van der Waals surface area contributed by atoms with E-state index in [0.717, 1.165) is 5.56 Å². The molecule has 0 fully saturated rings. The molecule has 0 saturated carbocycles. The Balaban J connectivity index is 2.15. The summed E-state index contributed by atoms with van der Waals surface area (Å²) in [6.45, 7) is 3.93. The summed E-state index contributed by atoms with van der Waals surface area (Å²) in [5.41, 5.74) is 1.96. The predicted octanol–water partition coefficient (Wildman–Crippen LogP) is 3.48.